The van der Waals surface area contributed by atoms with Crippen molar-refractivity contribution in [3.8, 4) is 5.75 Å². The number of piperidine rings is 1. The molecule has 0 unspecified atom stereocenters. The number of benzene rings is 2. The van der Waals surface area contributed by atoms with Crippen LogP contribution in [0.3, 0.4) is 0 Å². The summed E-state index contributed by atoms with van der Waals surface area (Å²) in [6.45, 7) is 1.46. The van der Waals surface area contributed by atoms with Crippen molar-refractivity contribution in [2.75, 3.05) is 19.6 Å². The summed E-state index contributed by atoms with van der Waals surface area (Å²) < 4.78 is 19.4. The quantitative estimate of drug-likeness (QED) is 0.839. The Morgan fingerprint density at radius 1 is 1.21 bits per heavy atom. The first-order valence-electron chi connectivity index (χ1n) is 9.24. The average molecular weight is 403 g/mol. The van der Waals surface area contributed by atoms with Crippen molar-refractivity contribution in [3.05, 3.63) is 64.4 Å². The summed E-state index contributed by atoms with van der Waals surface area (Å²) in [5.41, 5.74) is 0.621. The number of para-hydroxylation sites is 1. The minimum absolute atomic E-state index is 0.0542. The Kier molecular flexibility index (Phi) is 4.98. The molecule has 0 saturated carbocycles. The summed E-state index contributed by atoms with van der Waals surface area (Å²) in [7, 11) is 0. The van der Waals surface area contributed by atoms with Crippen molar-refractivity contribution >= 4 is 23.4 Å². The average Bonchev–Trinajstić information content (AvgIpc) is 2.82. The zero-order chi connectivity index (χ0) is 19.7. The van der Waals surface area contributed by atoms with E-state index in [9.17, 15) is 14.0 Å². The molecule has 0 aromatic heterocycles. The van der Waals surface area contributed by atoms with Gasteiger partial charge in [-0.2, -0.15) is 0 Å². The molecule has 1 N–H and O–H groups in total. The minimum Gasteiger partial charge on any atom is -0.484 e. The summed E-state index contributed by atoms with van der Waals surface area (Å²) in [5.74, 6) is -0.0392. The second-order valence-corrected chi connectivity index (χ2v) is 7.66. The highest BCUT2D eigenvalue weighted by molar-refractivity contribution is 6.31. The predicted molar refractivity (Wildman–Crippen MR) is 103 cm³/mol. The van der Waals surface area contributed by atoms with E-state index in [1.807, 2.05) is 12.1 Å². The van der Waals surface area contributed by atoms with Crippen molar-refractivity contribution in [3.63, 3.8) is 0 Å². The second kappa shape index (κ2) is 7.43. The lowest BCUT2D eigenvalue weighted by Gasteiger charge is -2.41. The molecule has 2 aliphatic heterocycles. The number of amides is 2. The Hall–Kier alpha value is -2.60. The second-order valence-electron chi connectivity index (χ2n) is 7.26. The fraction of sp³-hybridized carbons (Fsp3) is 0.333. The number of fused-ring (bicyclic) bond motifs is 1. The van der Waals surface area contributed by atoms with Gasteiger partial charge in [0.2, 0.25) is 5.91 Å². The van der Waals surface area contributed by atoms with E-state index in [1.165, 1.54) is 12.1 Å². The summed E-state index contributed by atoms with van der Waals surface area (Å²) in [6, 6.07) is 11.3. The van der Waals surface area contributed by atoms with Gasteiger partial charge in [0.15, 0.2) is 0 Å². The number of nitrogens with zero attached hydrogens (tertiary/aromatic N) is 1. The molecule has 4 rings (SSSR count). The van der Waals surface area contributed by atoms with Gasteiger partial charge in [-0.05, 0) is 29.8 Å². The van der Waals surface area contributed by atoms with E-state index in [1.54, 1.807) is 23.1 Å². The van der Waals surface area contributed by atoms with Crippen molar-refractivity contribution in [1.29, 1.82) is 0 Å². The number of carbonyl (C=O) groups excluding carboxylic acids is 2. The van der Waals surface area contributed by atoms with Crippen LogP contribution < -0.4 is 10.1 Å². The first-order chi connectivity index (χ1) is 13.5. The summed E-state index contributed by atoms with van der Waals surface area (Å²) >= 11 is 6.04. The number of carbonyl (C=O) groups is 2. The van der Waals surface area contributed by atoms with Gasteiger partial charge in [0.05, 0.1) is 18.5 Å². The summed E-state index contributed by atoms with van der Waals surface area (Å²) in [6.07, 6.45) is 1.36. The molecule has 1 saturated heterocycles. The third-order valence-electron chi connectivity index (χ3n) is 5.41. The van der Waals surface area contributed by atoms with E-state index in [0.29, 0.717) is 49.4 Å². The van der Waals surface area contributed by atoms with E-state index in [2.05, 4.69) is 5.32 Å². The van der Waals surface area contributed by atoms with Crippen molar-refractivity contribution < 1.29 is 18.7 Å². The fourth-order valence-corrected chi connectivity index (χ4v) is 3.97. The molecule has 2 aromatic carbocycles. The van der Waals surface area contributed by atoms with E-state index in [0.717, 1.165) is 0 Å². The molecule has 0 atom stereocenters. The molecule has 1 fully saturated rings. The summed E-state index contributed by atoms with van der Waals surface area (Å²) in [5, 5.41) is 3.20. The molecule has 2 amide bonds. The highest BCUT2D eigenvalue weighted by atomic mass is 35.5. The minimum atomic E-state index is -0.521. The Labute approximate surface area is 167 Å². The maximum Gasteiger partial charge on any atom is 0.255 e. The predicted octanol–water partition coefficient (Wildman–Crippen LogP) is 3.21. The van der Waals surface area contributed by atoms with Gasteiger partial charge in [-0.1, -0.05) is 29.8 Å². The lowest BCUT2D eigenvalue weighted by atomic mass is 9.90. The van der Waals surface area contributed by atoms with Crippen LogP contribution in [0.15, 0.2) is 42.5 Å². The summed E-state index contributed by atoms with van der Waals surface area (Å²) in [4.78, 5) is 26.7. The number of ether oxygens (including phenoxy) is 1. The lowest BCUT2D eigenvalue weighted by molar-refractivity contribution is -0.133. The van der Waals surface area contributed by atoms with Gasteiger partial charge in [-0.3, -0.25) is 9.59 Å². The zero-order valence-corrected chi connectivity index (χ0v) is 16.0. The van der Waals surface area contributed by atoms with E-state index in [4.69, 9.17) is 16.3 Å². The molecule has 2 aliphatic rings. The number of likely N-dealkylation sites (tertiary alicyclic amines) is 1. The maximum atomic E-state index is 13.2. The molecular weight excluding hydrogens is 383 g/mol. The van der Waals surface area contributed by atoms with Crippen LogP contribution in [0.4, 0.5) is 4.39 Å². The lowest BCUT2D eigenvalue weighted by Crippen LogP contribution is -2.54. The number of hydrogen-bond donors (Lipinski definition) is 1. The molecule has 0 radical (unpaired) electrons. The Balaban J connectivity index is 1.43. The van der Waals surface area contributed by atoms with Crippen molar-refractivity contribution in [2.45, 2.75) is 24.9 Å². The van der Waals surface area contributed by atoms with Gasteiger partial charge in [-0.25, -0.2) is 4.39 Å². The van der Waals surface area contributed by atoms with E-state index >= 15 is 0 Å². The van der Waals surface area contributed by atoms with Crippen LogP contribution in [0.2, 0.25) is 5.02 Å². The standard InChI is InChI=1S/C21H20ClFN2O3/c22-17-12-15(23)6-5-14(17)11-19(26)25-9-7-21(8-10-25)13-24-20(27)16-3-1-2-4-18(16)28-21/h1-6,12H,7-11,13H2,(H,24,27). The third-order valence-corrected chi connectivity index (χ3v) is 5.77. The van der Waals surface area contributed by atoms with Crippen molar-refractivity contribution in [1.82, 2.24) is 10.2 Å². The molecule has 0 aliphatic carbocycles. The molecule has 0 bridgehead atoms. The van der Waals surface area contributed by atoms with Gasteiger partial charge < -0.3 is 15.0 Å². The van der Waals surface area contributed by atoms with Crippen LogP contribution in [-0.2, 0) is 11.2 Å². The zero-order valence-electron chi connectivity index (χ0n) is 15.2. The number of halogens is 2. The van der Waals surface area contributed by atoms with E-state index in [-0.39, 0.29) is 23.3 Å². The highest BCUT2D eigenvalue weighted by Gasteiger charge is 2.40. The molecule has 2 heterocycles. The van der Waals surface area contributed by atoms with Gasteiger partial charge in [-0.15, -0.1) is 0 Å². The van der Waals surface area contributed by atoms with Gasteiger partial charge in [0.1, 0.15) is 17.2 Å². The van der Waals surface area contributed by atoms with Crippen molar-refractivity contribution in [2.24, 2.45) is 0 Å². The van der Waals surface area contributed by atoms with Gasteiger partial charge in [0, 0.05) is 31.0 Å². The molecule has 5 nitrogen and oxygen atoms in total. The molecule has 7 heteroatoms. The smallest absolute Gasteiger partial charge is 0.255 e. The highest BCUT2D eigenvalue weighted by Crippen LogP contribution is 2.33. The fourth-order valence-electron chi connectivity index (χ4n) is 3.73. The van der Waals surface area contributed by atoms with Crippen LogP contribution in [0.5, 0.6) is 5.75 Å². The Bertz CT molecular complexity index is 926. The first-order valence-corrected chi connectivity index (χ1v) is 9.62. The van der Waals surface area contributed by atoms with E-state index < -0.39 is 11.4 Å². The topological polar surface area (TPSA) is 58.6 Å². The van der Waals surface area contributed by atoms with Crippen LogP contribution in [-0.4, -0.2) is 41.9 Å². The Morgan fingerprint density at radius 3 is 2.71 bits per heavy atom. The van der Waals surface area contributed by atoms with Crippen LogP contribution in [0.25, 0.3) is 0 Å². The van der Waals surface area contributed by atoms with Gasteiger partial charge >= 0.3 is 0 Å². The molecule has 1 spiro atoms. The SMILES string of the molecule is O=C1NCC2(CCN(C(=O)Cc3ccc(F)cc3Cl)CC2)Oc2ccccc21. The number of nitrogens with one attached hydrogen (secondary N) is 1. The molecule has 146 valence electrons. The largest absolute Gasteiger partial charge is 0.484 e. The number of hydrogen-bond acceptors (Lipinski definition) is 3. The van der Waals surface area contributed by atoms with Crippen LogP contribution in [0, 0.1) is 5.82 Å². The number of rotatable bonds is 2. The molecular formula is C21H20ClFN2O3. The van der Waals surface area contributed by atoms with Crippen LogP contribution >= 0.6 is 11.6 Å². The molecule has 2 aromatic rings. The van der Waals surface area contributed by atoms with Crippen LogP contribution in [0.1, 0.15) is 28.8 Å². The third kappa shape index (κ3) is 3.69. The van der Waals surface area contributed by atoms with Gasteiger partial charge in [0.25, 0.3) is 5.91 Å². The first kappa shape index (κ1) is 18.7. The normalized spacial score (nSPS) is 18.1. The monoisotopic (exact) mass is 402 g/mol. The molecule has 28 heavy (non-hydrogen) atoms. The maximum absolute atomic E-state index is 13.2. The Morgan fingerprint density at radius 2 is 1.96 bits per heavy atom.